The number of benzene rings is 2. The molecule has 3 aromatic rings. The van der Waals surface area contributed by atoms with E-state index >= 15 is 0 Å². The smallest absolute Gasteiger partial charge is 0.153 e. The summed E-state index contributed by atoms with van der Waals surface area (Å²) in [5.74, 6) is 1.42. The topological polar surface area (TPSA) is 63.9 Å². The van der Waals surface area contributed by atoms with Crippen molar-refractivity contribution >= 4 is 22.3 Å². The lowest BCUT2D eigenvalue weighted by molar-refractivity contribution is 0.341. The number of rotatable bonds is 4. The van der Waals surface area contributed by atoms with Crippen LogP contribution in [0.3, 0.4) is 0 Å². The number of hydrogen-bond acceptors (Lipinski definition) is 3. The molecule has 4 rings (SSSR count). The molecule has 0 bridgehead atoms. The Kier molecular flexibility index (Phi) is 4.18. The van der Waals surface area contributed by atoms with Crippen molar-refractivity contribution in [1.29, 1.82) is 0 Å². The van der Waals surface area contributed by atoms with E-state index in [0.29, 0.717) is 12.4 Å². The van der Waals surface area contributed by atoms with E-state index < -0.39 is 0 Å². The zero-order valence-corrected chi connectivity index (χ0v) is 14.5. The summed E-state index contributed by atoms with van der Waals surface area (Å²) in [6.07, 6.45) is 7.24. The molecule has 4 nitrogen and oxygen atoms in total. The van der Waals surface area contributed by atoms with Gasteiger partial charge in [0.25, 0.3) is 0 Å². The van der Waals surface area contributed by atoms with Crippen molar-refractivity contribution in [2.24, 2.45) is 0 Å². The highest BCUT2D eigenvalue weighted by atomic mass is 16.5. The number of aromatic amines is 1. The van der Waals surface area contributed by atoms with Crippen LogP contribution >= 0.6 is 0 Å². The molecule has 1 aliphatic rings. The summed E-state index contributed by atoms with van der Waals surface area (Å²) in [7, 11) is 0. The molecule has 3 N–H and O–H groups in total. The molecule has 25 heavy (non-hydrogen) atoms. The lowest BCUT2D eigenvalue weighted by atomic mass is 9.91. The Morgan fingerprint density at radius 3 is 2.88 bits per heavy atom. The van der Waals surface area contributed by atoms with Gasteiger partial charge in [0.05, 0.1) is 17.5 Å². The number of nitrogen functional groups attached to an aromatic ring is 1. The average Bonchev–Trinajstić information content (AvgIpc) is 3.04. The third kappa shape index (κ3) is 2.88. The molecule has 1 heterocycles. The highest BCUT2D eigenvalue weighted by molar-refractivity contribution is 6.02. The Morgan fingerprint density at radius 2 is 2.08 bits per heavy atom. The fraction of sp³-hybridized carbons (Fsp3) is 0.286. The lowest BCUT2D eigenvalue weighted by Gasteiger charge is -2.17. The van der Waals surface area contributed by atoms with E-state index in [0.717, 1.165) is 34.2 Å². The van der Waals surface area contributed by atoms with Crippen molar-refractivity contribution in [3.63, 3.8) is 0 Å². The monoisotopic (exact) mass is 333 g/mol. The van der Waals surface area contributed by atoms with Gasteiger partial charge >= 0.3 is 0 Å². The summed E-state index contributed by atoms with van der Waals surface area (Å²) in [6, 6.07) is 12.6. The van der Waals surface area contributed by atoms with Gasteiger partial charge in [-0.15, -0.1) is 0 Å². The van der Waals surface area contributed by atoms with Gasteiger partial charge in [-0.2, -0.15) is 5.10 Å². The first kappa shape index (κ1) is 15.8. The number of nitrogens with zero attached hydrogens (tertiary/aromatic N) is 1. The Balaban J connectivity index is 1.86. The first-order valence-corrected chi connectivity index (χ1v) is 8.97. The summed E-state index contributed by atoms with van der Waals surface area (Å²) in [4.78, 5) is 0. The molecule has 2 aromatic carbocycles. The van der Waals surface area contributed by atoms with E-state index in [1.807, 2.05) is 19.1 Å². The minimum Gasteiger partial charge on any atom is -0.493 e. The van der Waals surface area contributed by atoms with Crippen molar-refractivity contribution in [3.05, 3.63) is 48.0 Å². The van der Waals surface area contributed by atoms with Crippen LogP contribution in [0.15, 0.2) is 42.5 Å². The molecule has 0 atom stereocenters. The Bertz CT molecular complexity index is 939. The quantitative estimate of drug-likeness (QED) is 0.692. The molecule has 1 aliphatic carbocycles. The zero-order valence-electron chi connectivity index (χ0n) is 14.5. The number of aromatic nitrogens is 2. The molecule has 4 heteroatoms. The largest absolute Gasteiger partial charge is 0.493 e. The van der Waals surface area contributed by atoms with Gasteiger partial charge in [-0.05, 0) is 61.4 Å². The summed E-state index contributed by atoms with van der Waals surface area (Å²) >= 11 is 0. The van der Waals surface area contributed by atoms with E-state index in [2.05, 4.69) is 40.5 Å². The van der Waals surface area contributed by atoms with Gasteiger partial charge in [0.2, 0.25) is 0 Å². The van der Waals surface area contributed by atoms with Crippen molar-refractivity contribution in [1.82, 2.24) is 10.2 Å². The second kappa shape index (κ2) is 6.63. The highest BCUT2D eigenvalue weighted by Gasteiger charge is 2.15. The molecule has 0 fully saturated rings. The molecule has 1 aromatic heterocycles. The number of nitrogens with two attached hydrogens (primary N) is 1. The molecule has 0 saturated heterocycles. The van der Waals surface area contributed by atoms with E-state index in [4.69, 9.17) is 10.5 Å². The first-order valence-electron chi connectivity index (χ1n) is 8.97. The van der Waals surface area contributed by atoms with E-state index in [1.165, 1.54) is 30.4 Å². The van der Waals surface area contributed by atoms with Crippen LogP contribution in [-0.2, 0) is 0 Å². The van der Waals surface area contributed by atoms with Crippen LogP contribution in [0.5, 0.6) is 5.75 Å². The van der Waals surface area contributed by atoms with E-state index in [1.54, 1.807) is 0 Å². The molecule has 128 valence electrons. The predicted octanol–water partition coefficient (Wildman–Crippen LogP) is 5.17. The Hall–Kier alpha value is -2.75. The summed E-state index contributed by atoms with van der Waals surface area (Å²) in [6.45, 7) is 2.65. The molecule has 0 aliphatic heterocycles. The standard InChI is InChI=1S/C21H23N3O/c1-2-25-19-13-15(14-7-4-3-5-8-14)11-12-16(19)17-9-6-10-18-20(17)21(22)24-23-18/h6-7,9-13H,2-5,8H2,1H3,(H3,22,23,24). The second-order valence-electron chi connectivity index (χ2n) is 6.46. The van der Waals surface area contributed by atoms with Crippen molar-refractivity contribution in [2.75, 3.05) is 12.3 Å². The molecule has 0 spiro atoms. The number of ether oxygens (including phenoxy) is 1. The number of allylic oxidation sites excluding steroid dienone is 2. The third-order valence-corrected chi connectivity index (χ3v) is 4.85. The maximum Gasteiger partial charge on any atom is 0.153 e. The van der Waals surface area contributed by atoms with Gasteiger partial charge in [0.1, 0.15) is 5.75 Å². The number of H-pyrrole nitrogens is 1. The van der Waals surface area contributed by atoms with Crippen LogP contribution in [0.4, 0.5) is 5.82 Å². The fourth-order valence-corrected chi connectivity index (χ4v) is 3.64. The SMILES string of the molecule is CCOc1cc(C2=CCCCC2)ccc1-c1cccc2[nH]nc(N)c12. The van der Waals surface area contributed by atoms with Crippen molar-refractivity contribution in [3.8, 4) is 16.9 Å². The molecule has 0 unspecified atom stereocenters. The van der Waals surface area contributed by atoms with E-state index in [9.17, 15) is 0 Å². The summed E-state index contributed by atoms with van der Waals surface area (Å²) < 4.78 is 5.99. The molecule has 0 amide bonds. The van der Waals surface area contributed by atoms with Gasteiger partial charge in [0, 0.05) is 5.56 Å². The summed E-state index contributed by atoms with van der Waals surface area (Å²) in [5.41, 5.74) is 11.8. The average molecular weight is 333 g/mol. The molecular formula is C21H23N3O. The van der Waals surface area contributed by atoms with Gasteiger partial charge in [0.15, 0.2) is 5.82 Å². The van der Waals surface area contributed by atoms with Gasteiger partial charge in [-0.25, -0.2) is 0 Å². The zero-order chi connectivity index (χ0) is 17.2. The van der Waals surface area contributed by atoms with Crippen LogP contribution in [-0.4, -0.2) is 16.8 Å². The number of hydrogen-bond donors (Lipinski definition) is 2. The Labute approximate surface area is 147 Å². The number of anilines is 1. The van der Waals surface area contributed by atoms with Crippen LogP contribution in [0.2, 0.25) is 0 Å². The second-order valence-corrected chi connectivity index (χ2v) is 6.46. The van der Waals surface area contributed by atoms with E-state index in [-0.39, 0.29) is 0 Å². The van der Waals surface area contributed by atoms with Crippen LogP contribution in [0, 0.1) is 0 Å². The maximum atomic E-state index is 6.09. The van der Waals surface area contributed by atoms with Gasteiger partial charge in [-0.1, -0.05) is 30.3 Å². The van der Waals surface area contributed by atoms with Gasteiger partial charge < -0.3 is 10.5 Å². The Morgan fingerprint density at radius 1 is 1.16 bits per heavy atom. The van der Waals surface area contributed by atoms with Crippen LogP contribution in [0.25, 0.3) is 27.6 Å². The summed E-state index contributed by atoms with van der Waals surface area (Å²) in [5, 5.41) is 8.09. The minimum absolute atomic E-state index is 0.520. The highest BCUT2D eigenvalue weighted by Crippen LogP contribution is 2.39. The maximum absolute atomic E-state index is 6.09. The van der Waals surface area contributed by atoms with Crippen LogP contribution < -0.4 is 10.5 Å². The van der Waals surface area contributed by atoms with Crippen LogP contribution in [0.1, 0.15) is 38.2 Å². The lowest BCUT2D eigenvalue weighted by Crippen LogP contribution is -1.98. The van der Waals surface area contributed by atoms with Crippen molar-refractivity contribution < 1.29 is 4.74 Å². The predicted molar refractivity (Wildman–Crippen MR) is 104 cm³/mol. The molecular weight excluding hydrogens is 310 g/mol. The molecule has 0 saturated carbocycles. The first-order chi connectivity index (χ1) is 12.3. The normalized spacial score (nSPS) is 14.5. The number of nitrogens with one attached hydrogen (secondary N) is 1. The molecule has 0 radical (unpaired) electrons. The van der Waals surface area contributed by atoms with Crippen molar-refractivity contribution in [2.45, 2.75) is 32.6 Å². The number of fused-ring (bicyclic) bond motifs is 1. The minimum atomic E-state index is 0.520. The fourth-order valence-electron chi connectivity index (χ4n) is 3.64. The third-order valence-electron chi connectivity index (χ3n) is 4.85. The van der Waals surface area contributed by atoms with Gasteiger partial charge in [-0.3, -0.25) is 5.10 Å².